The molecule has 0 radical (unpaired) electrons. The molecule has 0 heterocycles. The van der Waals surface area contributed by atoms with Crippen molar-refractivity contribution in [1.29, 1.82) is 5.26 Å². The molecule has 0 aliphatic rings. The molecule has 0 amide bonds. The van der Waals surface area contributed by atoms with Crippen LogP contribution in [-0.2, 0) is 4.79 Å². The van der Waals surface area contributed by atoms with E-state index in [9.17, 15) is 4.79 Å². The van der Waals surface area contributed by atoms with Gasteiger partial charge in [0.2, 0.25) is 0 Å². The van der Waals surface area contributed by atoms with Crippen molar-refractivity contribution in [2.75, 3.05) is 0 Å². The van der Waals surface area contributed by atoms with E-state index in [0.717, 1.165) is 0 Å². The number of carbonyl (C=O) groups is 1. The molecule has 9 heavy (non-hydrogen) atoms. The maximum absolute atomic E-state index is 10.3. The van der Waals surface area contributed by atoms with E-state index in [4.69, 9.17) is 5.26 Å². The molecule has 46 valence electrons. The number of hydrogen-bond acceptors (Lipinski definition) is 3. The Bertz CT molecular complexity index is 200. The zero-order valence-corrected chi connectivity index (χ0v) is 5.73. The summed E-state index contributed by atoms with van der Waals surface area (Å²) in [5, 5.41) is 7.99. The summed E-state index contributed by atoms with van der Waals surface area (Å²) in [5.74, 6) is -0.184. The quantitative estimate of drug-likeness (QED) is 0.326. The lowest BCUT2D eigenvalue weighted by Gasteiger charge is -1.82. The Kier molecular flexibility index (Phi) is 3.49. The number of rotatable bonds is 2. The lowest BCUT2D eigenvalue weighted by atomic mass is 10.3. The van der Waals surface area contributed by atoms with Crippen molar-refractivity contribution in [2.45, 2.75) is 6.92 Å². The molecule has 0 bridgehead atoms. The van der Waals surface area contributed by atoms with Gasteiger partial charge in [0.1, 0.15) is 0 Å². The first-order valence-electron chi connectivity index (χ1n) is 2.29. The van der Waals surface area contributed by atoms with Crippen molar-refractivity contribution in [3.8, 4) is 6.07 Å². The summed E-state index contributed by atoms with van der Waals surface area (Å²) in [4.78, 5) is 10.5. The van der Waals surface area contributed by atoms with Crippen LogP contribution in [-0.4, -0.2) is 10.6 Å². The van der Waals surface area contributed by atoms with Crippen LogP contribution in [0, 0.1) is 11.3 Å². The highest BCUT2D eigenvalue weighted by molar-refractivity contribution is 7.82. The molecular weight excluding hydrogens is 134 g/mol. The highest BCUT2D eigenvalue weighted by Gasteiger charge is 1.94. The van der Waals surface area contributed by atoms with Gasteiger partial charge in [-0.25, -0.2) is 0 Å². The van der Waals surface area contributed by atoms with Gasteiger partial charge in [0.25, 0.3) is 0 Å². The molecule has 0 unspecified atom stereocenters. The molecule has 0 N–H and O–H groups in total. The summed E-state index contributed by atoms with van der Waals surface area (Å²) in [6.45, 7) is 1.37. The van der Waals surface area contributed by atoms with Crippen LogP contribution in [0.25, 0.3) is 0 Å². The van der Waals surface area contributed by atoms with Gasteiger partial charge in [-0.1, -0.05) is 12.2 Å². The minimum Gasteiger partial charge on any atom is -0.294 e. The Morgan fingerprint density at radius 1 is 1.78 bits per heavy atom. The molecule has 0 spiro atoms. The van der Waals surface area contributed by atoms with Gasteiger partial charge in [0.05, 0.1) is 10.9 Å². The second kappa shape index (κ2) is 3.93. The molecule has 0 aromatic carbocycles. The highest BCUT2D eigenvalue weighted by Crippen LogP contribution is 1.82. The van der Waals surface area contributed by atoms with Crippen LogP contribution in [0.2, 0.25) is 0 Å². The Labute approximate surface area is 58.8 Å². The van der Waals surface area contributed by atoms with Crippen molar-refractivity contribution >= 4 is 22.9 Å². The monoisotopic (exact) mass is 139 g/mol. The maximum atomic E-state index is 10.3. The minimum atomic E-state index is -0.184. The molecule has 0 atom stereocenters. The third-order valence-corrected chi connectivity index (χ3v) is 1.08. The first-order valence-corrected chi connectivity index (χ1v) is 2.70. The fraction of sp³-hybridized carbons (Fsp3) is 0.167. The van der Waals surface area contributed by atoms with Crippen LogP contribution < -0.4 is 0 Å². The zero-order valence-electron chi connectivity index (χ0n) is 4.92. The second-order valence-electron chi connectivity index (χ2n) is 1.38. The molecular formula is C6H5NOS. The van der Waals surface area contributed by atoms with E-state index in [1.807, 2.05) is 0 Å². The Balaban J connectivity index is 3.97. The van der Waals surface area contributed by atoms with Gasteiger partial charge >= 0.3 is 0 Å². The van der Waals surface area contributed by atoms with Crippen LogP contribution in [0.3, 0.4) is 0 Å². The predicted octanol–water partition coefficient (Wildman–Crippen LogP) is 1.03. The fourth-order valence-corrected chi connectivity index (χ4v) is 0.298. The van der Waals surface area contributed by atoms with Crippen molar-refractivity contribution < 1.29 is 4.79 Å². The van der Waals surface area contributed by atoms with Crippen molar-refractivity contribution in [3.05, 3.63) is 12.2 Å². The summed E-state index contributed by atoms with van der Waals surface area (Å²) >= 11 is 4.56. The average Bonchev–Trinajstić information content (AvgIpc) is 1.82. The van der Waals surface area contributed by atoms with E-state index < -0.39 is 0 Å². The zero-order chi connectivity index (χ0) is 7.28. The number of nitriles is 1. The van der Waals surface area contributed by atoms with Crippen molar-refractivity contribution in [3.63, 3.8) is 0 Å². The van der Waals surface area contributed by atoms with Crippen molar-refractivity contribution in [1.82, 2.24) is 0 Å². The summed E-state index contributed by atoms with van der Waals surface area (Å²) in [6, 6.07) is 1.73. The molecule has 0 aromatic heterocycles. The molecule has 0 aliphatic carbocycles. The summed E-state index contributed by atoms with van der Waals surface area (Å²) in [7, 11) is 0. The van der Waals surface area contributed by atoms with E-state index in [1.54, 1.807) is 6.07 Å². The van der Waals surface area contributed by atoms with Crippen LogP contribution in [0.5, 0.6) is 0 Å². The predicted molar refractivity (Wildman–Crippen MR) is 38.0 cm³/mol. The molecule has 0 fully saturated rings. The van der Waals surface area contributed by atoms with Gasteiger partial charge in [0.15, 0.2) is 5.78 Å². The normalized spacial score (nSPS) is 8.89. The van der Waals surface area contributed by atoms with E-state index in [-0.39, 0.29) is 10.6 Å². The van der Waals surface area contributed by atoms with E-state index >= 15 is 0 Å². The van der Waals surface area contributed by atoms with E-state index in [0.29, 0.717) is 0 Å². The maximum Gasteiger partial charge on any atom is 0.170 e. The van der Waals surface area contributed by atoms with Crippen LogP contribution in [0.1, 0.15) is 6.92 Å². The summed E-state index contributed by atoms with van der Waals surface area (Å²) < 4.78 is 0. The van der Waals surface area contributed by atoms with Gasteiger partial charge in [0, 0.05) is 6.08 Å². The number of nitrogens with zero attached hydrogens (tertiary/aromatic N) is 1. The Morgan fingerprint density at radius 2 is 2.33 bits per heavy atom. The van der Waals surface area contributed by atoms with Gasteiger partial charge < -0.3 is 0 Å². The first-order chi connectivity index (χ1) is 4.18. The lowest BCUT2D eigenvalue weighted by molar-refractivity contribution is -0.110. The summed E-state index contributed by atoms with van der Waals surface area (Å²) in [5.41, 5.74) is 0. The van der Waals surface area contributed by atoms with E-state index in [1.165, 1.54) is 19.1 Å². The molecule has 0 rings (SSSR count). The molecule has 2 nitrogen and oxygen atoms in total. The number of carbonyl (C=O) groups excluding carboxylic acids is 1. The summed E-state index contributed by atoms with van der Waals surface area (Å²) in [6.07, 6.45) is 2.50. The largest absolute Gasteiger partial charge is 0.294 e. The third-order valence-electron chi connectivity index (χ3n) is 0.656. The van der Waals surface area contributed by atoms with E-state index in [2.05, 4.69) is 12.2 Å². The molecule has 3 heteroatoms. The average molecular weight is 139 g/mol. The minimum absolute atomic E-state index is 0.184. The van der Waals surface area contributed by atoms with Crippen LogP contribution in [0.4, 0.5) is 0 Å². The third kappa shape index (κ3) is 3.56. The fourth-order valence-electron chi connectivity index (χ4n) is 0.230. The van der Waals surface area contributed by atoms with Gasteiger partial charge in [-0.15, -0.1) is 0 Å². The SMILES string of the molecule is CC(=O)C(=S)/C=C/C#N. The Hall–Kier alpha value is -1.01. The molecule has 0 saturated carbocycles. The Morgan fingerprint density at radius 3 is 2.67 bits per heavy atom. The van der Waals surface area contributed by atoms with Crippen molar-refractivity contribution in [2.24, 2.45) is 0 Å². The van der Waals surface area contributed by atoms with Gasteiger partial charge in [-0.2, -0.15) is 5.26 Å². The number of Topliss-reactive ketones (excluding diaryl/α,β-unsaturated/α-hetero) is 1. The number of thiocarbonyl (C=S) groups is 1. The van der Waals surface area contributed by atoms with Crippen LogP contribution >= 0.6 is 12.2 Å². The smallest absolute Gasteiger partial charge is 0.170 e. The lowest BCUT2D eigenvalue weighted by Crippen LogP contribution is -2.01. The molecule has 0 saturated heterocycles. The van der Waals surface area contributed by atoms with Crippen LogP contribution in [0.15, 0.2) is 12.2 Å². The number of ketones is 1. The standard InChI is InChI=1S/C6H5NOS/c1-5(8)6(9)3-2-4-7/h2-3H,1H3/b3-2+. The molecule has 0 aromatic rings. The van der Waals surface area contributed by atoms with Gasteiger partial charge in [-0.3, -0.25) is 4.79 Å². The second-order valence-corrected chi connectivity index (χ2v) is 1.82. The number of hydrogen-bond donors (Lipinski definition) is 0. The van der Waals surface area contributed by atoms with Gasteiger partial charge in [-0.05, 0) is 13.0 Å². The number of allylic oxidation sites excluding steroid dienone is 2. The highest BCUT2D eigenvalue weighted by atomic mass is 32.1. The first kappa shape index (κ1) is 7.99. The topological polar surface area (TPSA) is 40.9 Å². The molecule has 0 aliphatic heterocycles.